The van der Waals surface area contributed by atoms with E-state index < -0.39 is 16.8 Å². The average molecular weight is 375 g/mol. The number of halogens is 1. The lowest BCUT2D eigenvalue weighted by atomic mass is 10.1. The van der Waals surface area contributed by atoms with Gasteiger partial charge >= 0.3 is 5.97 Å². The Morgan fingerprint density at radius 1 is 1.27 bits per heavy atom. The van der Waals surface area contributed by atoms with Crippen molar-refractivity contribution in [1.82, 2.24) is 0 Å². The number of carbonyl (C=O) groups excluding carboxylic acids is 2. The molecule has 1 heterocycles. The lowest BCUT2D eigenvalue weighted by Crippen LogP contribution is -2.26. The molecule has 0 aliphatic carbocycles. The van der Waals surface area contributed by atoms with Crippen molar-refractivity contribution in [3.8, 4) is 0 Å². The molecule has 0 spiro atoms. The number of hydrogen-bond acceptors (Lipinski definition) is 5. The molecule has 0 radical (unpaired) electrons. The lowest BCUT2D eigenvalue weighted by Gasteiger charge is -2.16. The Kier molecular flexibility index (Phi) is 5.18. The first kappa shape index (κ1) is 17.9. The van der Waals surface area contributed by atoms with E-state index in [0.29, 0.717) is 16.3 Å². The van der Waals surface area contributed by atoms with Crippen LogP contribution in [-0.4, -0.2) is 23.3 Å². The summed E-state index contributed by atoms with van der Waals surface area (Å²) in [5.74, 6) is -1.19. The second-order valence-electron chi connectivity index (χ2n) is 5.92. The van der Waals surface area contributed by atoms with Crippen LogP contribution in [0, 0.1) is 16.0 Å². The number of nitrogens with zero attached hydrogens (tertiary/aromatic N) is 2. The normalized spacial score (nSPS) is 16.6. The van der Waals surface area contributed by atoms with Crippen LogP contribution in [-0.2, 0) is 20.9 Å². The maximum absolute atomic E-state index is 12.2. The van der Waals surface area contributed by atoms with Gasteiger partial charge in [0.1, 0.15) is 6.61 Å². The average Bonchev–Trinajstić information content (AvgIpc) is 3.02. The minimum absolute atomic E-state index is 0.00131. The molecule has 0 unspecified atom stereocenters. The Morgan fingerprint density at radius 3 is 2.65 bits per heavy atom. The van der Waals surface area contributed by atoms with Crippen LogP contribution < -0.4 is 4.90 Å². The maximum atomic E-state index is 12.2. The van der Waals surface area contributed by atoms with Gasteiger partial charge < -0.3 is 9.64 Å². The fraction of sp³-hybridized carbons (Fsp3) is 0.222. The number of carbonyl (C=O) groups is 2. The molecule has 7 nitrogen and oxygen atoms in total. The molecule has 1 saturated heterocycles. The van der Waals surface area contributed by atoms with E-state index in [4.69, 9.17) is 16.3 Å². The first-order chi connectivity index (χ1) is 12.4. The van der Waals surface area contributed by atoms with E-state index in [1.54, 1.807) is 24.3 Å². The Hall–Kier alpha value is -2.93. The summed E-state index contributed by atoms with van der Waals surface area (Å²) in [6, 6.07) is 12.6. The quantitative estimate of drug-likeness (QED) is 0.455. The van der Waals surface area contributed by atoms with E-state index in [2.05, 4.69) is 0 Å². The zero-order valence-corrected chi connectivity index (χ0v) is 14.4. The molecule has 0 bridgehead atoms. The zero-order chi connectivity index (χ0) is 18.7. The minimum atomic E-state index is -0.556. The fourth-order valence-electron chi connectivity index (χ4n) is 2.75. The third-order valence-corrected chi connectivity index (χ3v) is 4.34. The van der Waals surface area contributed by atoms with E-state index in [9.17, 15) is 19.7 Å². The fourth-order valence-corrected chi connectivity index (χ4v) is 2.93. The van der Waals surface area contributed by atoms with Crippen molar-refractivity contribution < 1.29 is 19.2 Å². The number of esters is 1. The first-order valence-corrected chi connectivity index (χ1v) is 8.28. The van der Waals surface area contributed by atoms with Gasteiger partial charge in [-0.05, 0) is 35.9 Å². The predicted molar refractivity (Wildman–Crippen MR) is 94.8 cm³/mol. The van der Waals surface area contributed by atoms with Crippen LogP contribution >= 0.6 is 11.6 Å². The number of nitro benzene ring substituents is 1. The highest BCUT2D eigenvalue weighted by Crippen LogP contribution is 2.28. The molecular weight excluding hydrogens is 360 g/mol. The SMILES string of the molecule is O=C(OCc1ccc([N+](=O)[O-])cc1)[C@@H]1CC(=O)N(c2cccc(Cl)c2)C1. The molecular formula is C18H15ClN2O5. The second kappa shape index (κ2) is 7.53. The van der Waals surface area contributed by atoms with Gasteiger partial charge in [-0.3, -0.25) is 19.7 Å². The Bertz CT molecular complexity index is 853. The highest BCUT2D eigenvalue weighted by molar-refractivity contribution is 6.30. The van der Waals surface area contributed by atoms with Gasteiger partial charge in [-0.1, -0.05) is 17.7 Å². The van der Waals surface area contributed by atoms with Crippen LogP contribution in [0.2, 0.25) is 5.02 Å². The molecule has 1 aliphatic heterocycles. The zero-order valence-electron chi connectivity index (χ0n) is 13.6. The van der Waals surface area contributed by atoms with Crippen molar-refractivity contribution >= 4 is 34.9 Å². The maximum Gasteiger partial charge on any atom is 0.311 e. The molecule has 0 N–H and O–H groups in total. The molecule has 26 heavy (non-hydrogen) atoms. The van der Waals surface area contributed by atoms with Gasteiger partial charge in [-0.25, -0.2) is 0 Å². The second-order valence-corrected chi connectivity index (χ2v) is 6.35. The molecule has 1 atom stereocenters. The topological polar surface area (TPSA) is 89.7 Å². The molecule has 3 rings (SSSR count). The molecule has 1 amide bonds. The first-order valence-electron chi connectivity index (χ1n) is 7.90. The summed E-state index contributed by atoms with van der Waals surface area (Å²) in [5, 5.41) is 11.1. The predicted octanol–water partition coefficient (Wildman–Crippen LogP) is 3.34. The van der Waals surface area contributed by atoms with Crippen LogP contribution in [0.15, 0.2) is 48.5 Å². The number of ether oxygens (including phenoxy) is 1. The molecule has 2 aromatic carbocycles. The monoisotopic (exact) mass is 374 g/mol. The van der Waals surface area contributed by atoms with Gasteiger partial charge in [0.2, 0.25) is 5.91 Å². The van der Waals surface area contributed by atoms with Crippen LogP contribution in [0.4, 0.5) is 11.4 Å². The molecule has 1 fully saturated rings. The Morgan fingerprint density at radius 2 is 2.00 bits per heavy atom. The van der Waals surface area contributed by atoms with Crippen molar-refractivity contribution in [1.29, 1.82) is 0 Å². The summed E-state index contributed by atoms with van der Waals surface area (Å²) in [6.45, 7) is 0.233. The molecule has 0 aromatic heterocycles. The van der Waals surface area contributed by atoms with Gasteiger partial charge in [0.25, 0.3) is 5.69 Å². The highest BCUT2D eigenvalue weighted by Gasteiger charge is 2.36. The van der Waals surface area contributed by atoms with E-state index >= 15 is 0 Å². The number of amides is 1. The lowest BCUT2D eigenvalue weighted by molar-refractivity contribution is -0.384. The highest BCUT2D eigenvalue weighted by atomic mass is 35.5. The van der Waals surface area contributed by atoms with Crippen LogP contribution in [0.3, 0.4) is 0 Å². The van der Waals surface area contributed by atoms with Gasteiger partial charge in [0.05, 0.1) is 10.8 Å². The van der Waals surface area contributed by atoms with Crippen LogP contribution in [0.5, 0.6) is 0 Å². The number of hydrogen-bond donors (Lipinski definition) is 0. The number of benzene rings is 2. The Balaban J connectivity index is 1.58. The van der Waals surface area contributed by atoms with E-state index in [-0.39, 0.29) is 31.2 Å². The third kappa shape index (κ3) is 4.00. The van der Waals surface area contributed by atoms with E-state index in [0.717, 1.165) is 0 Å². The summed E-state index contributed by atoms with van der Waals surface area (Å²) >= 11 is 5.95. The molecule has 8 heteroatoms. The summed E-state index contributed by atoms with van der Waals surface area (Å²) < 4.78 is 5.25. The standard InChI is InChI=1S/C18H15ClN2O5/c19-14-2-1-3-16(9-14)20-10-13(8-17(20)22)18(23)26-11-12-4-6-15(7-5-12)21(24)25/h1-7,9,13H,8,10-11H2/t13-/m1/s1. The smallest absolute Gasteiger partial charge is 0.311 e. The minimum Gasteiger partial charge on any atom is -0.461 e. The number of non-ortho nitro benzene ring substituents is 1. The summed E-state index contributed by atoms with van der Waals surface area (Å²) in [4.78, 5) is 36.1. The van der Waals surface area contributed by atoms with Crippen molar-refractivity contribution in [2.75, 3.05) is 11.4 Å². The van der Waals surface area contributed by atoms with Gasteiger partial charge in [0, 0.05) is 35.8 Å². The largest absolute Gasteiger partial charge is 0.461 e. The van der Waals surface area contributed by atoms with Crippen molar-refractivity contribution in [2.24, 2.45) is 5.92 Å². The Labute approximate surface area is 154 Å². The van der Waals surface area contributed by atoms with Crippen LogP contribution in [0.25, 0.3) is 0 Å². The number of nitro groups is 1. The summed E-state index contributed by atoms with van der Waals surface area (Å²) in [5.41, 5.74) is 1.26. The summed E-state index contributed by atoms with van der Waals surface area (Å²) in [7, 11) is 0. The van der Waals surface area contributed by atoms with Gasteiger partial charge in [-0.2, -0.15) is 0 Å². The van der Waals surface area contributed by atoms with Crippen molar-refractivity contribution in [3.63, 3.8) is 0 Å². The van der Waals surface area contributed by atoms with Crippen molar-refractivity contribution in [3.05, 3.63) is 69.2 Å². The molecule has 1 aliphatic rings. The van der Waals surface area contributed by atoms with E-state index in [1.165, 1.54) is 29.2 Å². The summed E-state index contributed by atoms with van der Waals surface area (Å²) in [6.07, 6.45) is 0.0750. The van der Waals surface area contributed by atoms with Gasteiger partial charge in [-0.15, -0.1) is 0 Å². The van der Waals surface area contributed by atoms with Gasteiger partial charge in [0.15, 0.2) is 0 Å². The van der Waals surface area contributed by atoms with Crippen LogP contribution in [0.1, 0.15) is 12.0 Å². The molecule has 134 valence electrons. The number of rotatable bonds is 5. The molecule has 0 saturated carbocycles. The van der Waals surface area contributed by atoms with E-state index in [1.807, 2.05) is 0 Å². The molecule has 2 aromatic rings. The third-order valence-electron chi connectivity index (χ3n) is 4.11. The number of anilines is 1. The van der Waals surface area contributed by atoms with Crippen molar-refractivity contribution in [2.45, 2.75) is 13.0 Å².